The number of hydrogen-bond acceptors (Lipinski definition) is 5. The molecule has 8 heteroatoms. The standard InChI is InChI=1S/C23H23N3O5/c1-4-14-16(10-13-8-6-5-7-9-13)26-11-15(12(2)3)25-18(21(28)23(30)31)19(26)17(14)20(27)22(24)29/h5-9,11-12H,4,10H2,1-3H3,(H2,24,29)(H,30,31). The molecule has 3 N–H and O–H groups in total. The summed E-state index contributed by atoms with van der Waals surface area (Å²) in [5, 5.41) is 9.36. The van der Waals surface area contributed by atoms with Crippen molar-refractivity contribution in [1.82, 2.24) is 9.38 Å². The van der Waals surface area contributed by atoms with Crippen LogP contribution in [0.1, 0.15) is 70.1 Å². The van der Waals surface area contributed by atoms with Gasteiger partial charge in [-0.15, -0.1) is 0 Å². The number of aliphatic carboxylic acids is 1. The van der Waals surface area contributed by atoms with Crippen LogP contribution in [-0.4, -0.2) is 37.9 Å². The summed E-state index contributed by atoms with van der Waals surface area (Å²) in [6, 6.07) is 9.48. The van der Waals surface area contributed by atoms with Crippen molar-refractivity contribution in [2.24, 2.45) is 5.73 Å². The van der Waals surface area contributed by atoms with Gasteiger partial charge in [0.15, 0.2) is 0 Å². The van der Waals surface area contributed by atoms with Crippen LogP contribution in [0.3, 0.4) is 0 Å². The number of carboxylic acids is 1. The number of hydrogen-bond donors (Lipinski definition) is 2. The van der Waals surface area contributed by atoms with E-state index in [2.05, 4.69) is 4.98 Å². The molecule has 3 rings (SSSR count). The average molecular weight is 421 g/mol. The van der Waals surface area contributed by atoms with Gasteiger partial charge in [-0.1, -0.05) is 51.1 Å². The monoisotopic (exact) mass is 421 g/mol. The van der Waals surface area contributed by atoms with Crippen molar-refractivity contribution in [3.63, 3.8) is 0 Å². The summed E-state index contributed by atoms with van der Waals surface area (Å²) in [6.07, 6.45) is 2.46. The number of fused-ring (bicyclic) bond motifs is 1. The van der Waals surface area contributed by atoms with Gasteiger partial charge < -0.3 is 15.2 Å². The molecule has 0 fully saturated rings. The molecule has 3 aromatic rings. The number of carbonyl (C=O) groups is 4. The zero-order chi connectivity index (χ0) is 22.9. The molecule has 0 bridgehead atoms. The van der Waals surface area contributed by atoms with E-state index in [9.17, 15) is 24.3 Å². The predicted octanol–water partition coefficient (Wildman–Crippen LogP) is 2.55. The van der Waals surface area contributed by atoms with Gasteiger partial charge in [0.05, 0.1) is 16.8 Å². The molecule has 0 spiro atoms. The molecule has 2 aromatic heterocycles. The maximum Gasteiger partial charge on any atom is 0.379 e. The minimum Gasteiger partial charge on any atom is -0.475 e. The van der Waals surface area contributed by atoms with Gasteiger partial charge in [0.25, 0.3) is 17.5 Å². The molecule has 0 saturated carbocycles. The fourth-order valence-corrected chi connectivity index (χ4v) is 3.67. The highest BCUT2D eigenvalue weighted by Gasteiger charge is 2.32. The van der Waals surface area contributed by atoms with Crippen LogP contribution in [0.4, 0.5) is 0 Å². The normalized spacial score (nSPS) is 11.1. The maximum absolute atomic E-state index is 12.8. The Balaban J connectivity index is 2.49. The summed E-state index contributed by atoms with van der Waals surface area (Å²) in [7, 11) is 0. The highest BCUT2D eigenvalue weighted by Crippen LogP contribution is 2.31. The molecule has 0 aliphatic heterocycles. The summed E-state index contributed by atoms with van der Waals surface area (Å²) in [6.45, 7) is 5.54. The molecule has 2 heterocycles. The number of primary amides is 1. The maximum atomic E-state index is 12.8. The number of rotatable bonds is 8. The lowest BCUT2D eigenvalue weighted by molar-refractivity contribution is -0.131. The van der Waals surface area contributed by atoms with E-state index in [0.717, 1.165) is 5.56 Å². The van der Waals surface area contributed by atoms with Crippen molar-refractivity contribution in [2.45, 2.75) is 39.5 Å². The Kier molecular flexibility index (Phi) is 6.01. The fourth-order valence-electron chi connectivity index (χ4n) is 3.67. The number of ketones is 2. The second kappa shape index (κ2) is 8.51. The molecule has 1 amide bonds. The predicted molar refractivity (Wildman–Crippen MR) is 113 cm³/mol. The van der Waals surface area contributed by atoms with Crippen LogP contribution in [0.2, 0.25) is 0 Å². The Morgan fingerprint density at radius 1 is 1.10 bits per heavy atom. The first kappa shape index (κ1) is 21.9. The van der Waals surface area contributed by atoms with E-state index in [-0.39, 0.29) is 22.7 Å². The van der Waals surface area contributed by atoms with Crippen LogP contribution >= 0.6 is 0 Å². The topological polar surface area (TPSA) is 132 Å². The zero-order valence-corrected chi connectivity index (χ0v) is 17.5. The highest BCUT2D eigenvalue weighted by molar-refractivity contribution is 6.46. The first-order valence-electron chi connectivity index (χ1n) is 9.89. The van der Waals surface area contributed by atoms with Crippen molar-refractivity contribution < 1.29 is 24.3 Å². The van der Waals surface area contributed by atoms with Gasteiger partial charge in [0.1, 0.15) is 5.69 Å². The quantitative estimate of drug-likeness (QED) is 0.424. The average Bonchev–Trinajstić information content (AvgIpc) is 3.05. The molecular weight excluding hydrogens is 398 g/mol. The summed E-state index contributed by atoms with van der Waals surface area (Å²) in [4.78, 5) is 52.9. The number of amides is 1. The molecule has 0 saturated heterocycles. The van der Waals surface area contributed by atoms with Crippen molar-refractivity contribution in [1.29, 1.82) is 0 Å². The Labute approximate surface area is 178 Å². The first-order chi connectivity index (χ1) is 14.7. The summed E-state index contributed by atoms with van der Waals surface area (Å²) < 4.78 is 1.63. The molecule has 0 radical (unpaired) electrons. The van der Waals surface area contributed by atoms with Crippen LogP contribution < -0.4 is 5.73 Å². The molecule has 0 aliphatic carbocycles. The van der Waals surface area contributed by atoms with E-state index >= 15 is 0 Å². The molecule has 160 valence electrons. The van der Waals surface area contributed by atoms with E-state index in [1.54, 1.807) is 10.6 Å². The number of nitrogens with zero attached hydrogens (tertiary/aromatic N) is 2. The van der Waals surface area contributed by atoms with Crippen LogP contribution in [-0.2, 0) is 22.4 Å². The van der Waals surface area contributed by atoms with Crippen LogP contribution in [0, 0.1) is 0 Å². The Bertz CT molecular complexity index is 1210. The lowest BCUT2D eigenvalue weighted by Gasteiger charge is -2.12. The number of carbonyl (C=O) groups excluding carboxylic acids is 3. The zero-order valence-electron chi connectivity index (χ0n) is 17.5. The minimum atomic E-state index is -1.70. The van der Waals surface area contributed by atoms with E-state index in [1.807, 2.05) is 51.1 Å². The van der Waals surface area contributed by atoms with Crippen molar-refractivity contribution in [2.75, 3.05) is 0 Å². The molecule has 8 nitrogen and oxygen atoms in total. The Morgan fingerprint density at radius 3 is 2.26 bits per heavy atom. The third kappa shape index (κ3) is 3.96. The van der Waals surface area contributed by atoms with Gasteiger partial charge in [-0.2, -0.15) is 0 Å². The smallest absolute Gasteiger partial charge is 0.379 e. The lowest BCUT2D eigenvalue weighted by Crippen LogP contribution is -2.25. The van der Waals surface area contributed by atoms with Gasteiger partial charge in [-0.25, -0.2) is 9.78 Å². The van der Waals surface area contributed by atoms with Crippen LogP contribution in [0.25, 0.3) is 5.52 Å². The Hall–Kier alpha value is -3.81. The summed E-state index contributed by atoms with van der Waals surface area (Å²) in [5.74, 6) is -5.23. The van der Waals surface area contributed by atoms with Crippen molar-refractivity contribution in [3.05, 3.63) is 70.3 Å². The van der Waals surface area contributed by atoms with Crippen LogP contribution in [0.15, 0.2) is 36.5 Å². The largest absolute Gasteiger partial charge is 0.475 e. The number of carboxylic acid groups (broad SMARTS) is 1. The highest BCUT2D eigenvalue weighted by atomic mass is 16.4. The van der Waals surface area contributed by atoms with E-state index < -0.39 is 23.4 Å². The number of Topliss-reactive ketones (excluding diaryl/α,β-unsaturated/α-hetero) is 2. The van der Waals surface area contributed by atoms with E-state index in [4.69, 9.17) is 5.73 Å². The first-order valence-corrected chi connectivity index (χ1v) is 9.89. The molecule has 0 atom stereocenters. The summed E-state index contributed by atoms with van der Waals surface area (Å²) >= 11 is 0. The molecule has 31 heavy (non-hydrogen) atoms. The third-order valence-electron chi connectivity index (χ3n) is 5.16. The number of nitrogens with two attached hydrogens (primary N) is 1. The Morgan fingerprint density at radius 2 is 1.74 bits per heavy atom. The number of aromatic nitrogens is 2. The van der Waals surface area contributed by atoms with Crippen LogP contribution in [0.5, 0.6) is 0 Å². The SMILES string of the molecule is CCc1c(C(=O)C(N)=O)c2c(C(=O)C(=O)O)nc(C(C)C)cn2c1Cc1ccccc1. The molecular formula is C23H23N3O5. The van der Waals surface area contributed by atoms with Gasteiger partial charge in [0.2, 0.25) is 0 Å². The van der Waals surface area contributed by atoms with Crippen molar-refractivity contribution >= 4 is 29.0 Å². The van der Waals surface area contributed by atoms with E-state index in [0.29, 0.717) is 29.8 Å². The lowest BCUT2D eigenvalue weighted by atomic mass is 9.98. The molecule has 0 aliphatic rings. The van der Waals surface area contributed by atoms with Gasteiger partial charge in [-0.3, -0.25) is 14.4 Å². The van der Waals surface area contributed by atoms with Crippen molar-refractivity contribution in [3.8, 4) is 0 Å². The van der Waals surface area contributed by atoms with E-state index in [1.165, 1.54) is 0 Å². The van der Waals surface area contributed by atoms with Gasteiger partial charge >= 0.3 is 5.97 Å². The summed E-state index contributed by atoms with van der Waals surface area (Å²) in [5.41, 5.74) is 7.50. The second-order valence-corrected chi connectivity index (χ2v) is 7.53. The fraction of sp³-hybridized carbons (Fsp3) is 0.261. The van der Waals surface area contributed by atoms with Gasteiger partial charge in [0, 0.05) is 18.3 Å². The molecule has 0 unspecified atom stereocenters. The minimum absolute atomic E-state index is 0.00313. The second-order valence-electron chi connectivity index (χ2n) is 7.53. The van der Waals surface area contributed by atoms with Gasteiger partial charge in [-0.05, 0) is 23.5 Å². The molecule has 1 aromatic carbocycles. The number of benzene rings is 1. The third-order valence-corrected chi connectivity index (χ3v) is 5.16.